The van der Waals surface area contributed by atoms with Crippen LogP contribution in [0.3, 0.4) is 0 Å². The Morgan fingerprint density at radius 3 is 2.76 bits per heavy atom. The monoisotopic (exact) mass is 449 g/mol. The molecule has 3 N–H and O–H groups in total. The van der Waals surface area contributed by atoms with Gasteiger partial charge in [0.2, 0.25) is 5.91 Å². The number of nitrogens with one attached hydrogen (secondary N) is 1. The molecule has 0 aliphatic carbocycles. The minimum Gasteiger partial charge on any atom is -0.489 e. The molecule has 1 aromatic carbocycles. The molecule has 0 spiro atoms. The van der Waals surface area contributed by atoms with Crippen LogP contribution in [0.15, 0.2) is 30.1 Å². The van der Waals surface area contributed by atoms with Gasteiger partial charge in [0.15, 0.2) is 0 Å². The number of benzene rings is 1. The fourth-order valence-electron chi connectivity index (χ4n) is 2.67. The summed E-state index contributed by atoms with van der Waals surface area (Å²) in [5.74, 6) is -0.335. The Kier molecular flexibility index (Phi) is 9.54. The molecule has 0 saturated carbocycles. The summed E-state index contributed by atoms with van der Waals surface area (Å²) < 4.78 is 40.2. The SMILES string of the molecule is CS(=O)(=O)CCNC(=O)CN1CCc2cc(OC/C(=C/F)CN)ccc2C1=O.Cl. The van der Waals surface area contributed by atoms with Gasteiger partial charge in [0, 0.05) is 37.0 Å². The molecule has 0 atom stereocenters. The van der Waals surface area contributed by atoms with Gasteiger partial charge in [0.1, 0.15) is 22.2 Å². The topological polar surface area (TPSA) is 119 Å². The highest BCUT2D eigenvalue weighted by Gasteiger charge is 2.26. The Bertz CT molecular complexity index is 876. The van der Waals surface area contributed by atoms with Crippen LogP contribution >= 0.6 is 12.4 Å². The summed E-state index contributed by atoms with van der Waals surface area (Å²) in [6.45, 7) is 0.310. The molecule has 162 valence electrons. The summed E-state index contributed by atoms with van der Waals surface area (Å²) in [4.78, 5) is 26.0. The average molecular weight is 450 g/mol. The summed E-state index contributed by atoms with van der Waals surface area (Å²) in [5, 5.41) is 2.50. The van der Waals surface area contributed by atoms with E-state index >= 15 is 0 Å². The number of halogens is 2. The zero-order chi connectivity index (χ0) is 20.7. The van der Waals surface area contributed by atoms with Crippen LogP contribution in [0.25, 0.3) is 0 Å². The van der Waals surface area contributed by atoms with E-state index < -0.39 is 15.7 Å². The van der Waals surface area contributed by atoms with E-state index in [4.69, 9.17) is 10.5 Å². The lowest BCUT2D eigenvalue weighted by molar-refractivity contribution is -0.121. The lowest BCUT2D eigenvalue weighted by Gasteiger charge is -2.28. The molecular formula is C18H25ClFN3O5S. The molecule has 0 radical (unpaired) electrons. The number of nitrogens with zero attached hydrogens (tertiary/aromatic N) is 1. The van der Waals surface area contributed by atoms with Crippen molar-refractivity contribution in [1.29, 1.82) is 0 Å². The second kappa shape index (κ2) is 11.1. The fourth-order valence-corrected chi connectivity index (χ4v) is 3.14. The van der Waals surface area contributed by atoms with Gasteiger partial charge in [-0.2, -0.15) is 0 Å². The maximum atomic E-state index is 12.6. The maximum Gasteiger partial charge on any atom is 0.254 e. The second-order valence-electron chi connectivity index (χ2n) is 6.54. The Morgan fingerprint density at radius 2 is 2.14 bits per heavy atom. The van der Waals surface area contributed by atoms with Crippen molar-refractivity contribution in [2.45, 2.75) is 6.42 Å². The number of sulfone groups is 1. The van der Waals surface area contributed by atoms with Crippen LogP contribution in [0.5, 0.6) is 5.75 Å². The number of carbonyl (C=O) groups excluding carboxylic acids is 2. The van der Waals surface area contributed by atoms with Gasteiger partial charge in [0.25, 0.3) is 5.91 Å². The standard InChI is InChI=1S/C18H24FN3O5S.ClH/c1-28(25,26)7-5-21-17(23)11-22-6-4-14-8-15(2-3-16(14)18(22)24)27-12-13(9-19)10-20;/h2-3,8-9H,4-7,10-12,20H2,1H3,(H,21,23);1H/b13-9+;. The Morgan fingerprint density at radius 1 is 1.41 bits per heavy atom. The fraction of sp³-hybridized carbons (Fsp3) is 0.444. The number of fused-ring (bicyclic) bond motifs is 1. The molecule has 0 saturated heterocycles. The van der Waals surface area contributed by atoms with Crippen molar-refractivity contribution in [2.75, 3.05) is 44.8 Å². The molecular weight excluding hydrogens is 425 g/mol. The van der Waals surface area contributed by atoms with E-state index in [2.05, 4.69) is 5.32 Å². The van der Waals surface area contributed by atoms with Crippen molar-refractivity contribution < 1.29 is 27.1 Å². The molecule has 0 aromatic heterocycles. The Hall–Kier alpha value is -2.17. The lowest BCUT2D eigenvalue weighted by Crippen LogP contribution is -2.44. The minimum atomic E-state index is -3.16. The third-order valence-electron chi connectivity index (χ3n) is 4.22. The molecule has 2 rings (SSSR count). The summed E-state index contributed by atoms with van der Waals surface area (Å²) >= 11 is 0. The molecule has 8 nitrogen and oxygen atoms in total. The molecule has 1 aromatic rings. The molecule has 29 heavy (non-hydrogen) atoms. The number of hydrogen-bond acceptors (Lipinski definition) is 6. The molecule has 1 heterocycles. The van der Waals surface area contributed by atoms with E-state index in [9.17, 15) is 22.4 Å². The van der Waals surface area contributed by atoms with E-state index in [1.165, 1.54) is 4.90 Å². The number of carbonyl (C=O) groups is 2. The lowest BCUT2D eigenvalue weighted by atomic mass is 9.98. The van der Waals surface area contributed by atoms with Gasteiger partial charge in [-0.25, -0.2) is 12.8 Å². The maximum absolute atomic E-state index is 12.6. The average Bonchev–Trinajstić information content (AvgIpc) is 2.64. The van der Waals surface area contributed by atoms with E-state index in [-0.39, 0.29) is 50.3 Å². The highest BCUT2D eigenvalue weighted by molar-refractivity contribution is 7.90. The third kappa shape index (κ3) is 7.64. The van der Waals surface area contributed by atoms with Gasteiger partial charge in [-0.3, -0.25) is 9.59 Å². The number of ether oxygens (including phenoxy) is 1. The number of rotatable bonds is 9. The summed E-state index contributed by atoms with van der Waals surface area (Å²) in [5.41, 5.74) is 6.96. The van der Waals surface area contributed by atoms with Gasteiger partial charge in [-0.1, -0.05) is 0 Å². The molecule has 0 bridgehead atoms. The minimum absolute atomic E-state index is 0. The molecule has 2 amide bonds. The van der Waals surface area contributed by atoms with Gasteiger partial charge >= 0.3 is 0 Å². The van der Waals surface area contributed by atoms with Crippen molar-refractivity contribution >= 4 is 34.1 Å². The van der Waals surface area contributed by atoms with Crippen LogP contribution in [0.2, 0.25) is 0 Å². The molecule has 1 aliphatic heterocycles. The van der Waals surface area contributed by atoms with E-state index in [0.29, 0.717) is 36.2 Å². The van der Waals surface area contributed by atoms with Crippen LogP contribution < -0.4 is 15.8 Å². The van der Waals surface area contributed by atoms with Crippen molar-refractivity contribution in [2.24, 2.45) is 5.73 Å². The van der Waals surface area contributed by atoms with E-state index in [1.807, 2.05) is 0 Å². The summed E-state index contributed by atoms with van der Waals surface area (Å²) in [7, 11) is -3.16. The van der Waals surface area contributed by atoms with Crippen molar-refractivity contribution in [3.8, 4) is 5.75 Å². The van der Waals surface area contributed by atoms with Gasteiger partial charge < -0.3 is 20.7 Å². The predicted molar refractivity (Wildman–Crippen MR) is 110 cm³/mol. The first-order chi connectivity index (χ1) is 13.2. The first kappa shape index (κ1) is 24.9. The zero-order valence-corrected chi connectivity index (χ0v) is 17.7. The molecule has 11 heteroatoms. The van der Waals surface area contributed by atoms with Crippen LogP contribution in [0.4, 0.5) is 4.39 Å². The van der Waals surface area contributed by atoms with Crippen molar-refractivity contribution in [3.05, 3.63) is 41.2 Å². The zero-order valence-electron chi connectivity index (χ0n) is 16.0. The number of hydrogen-bond donors (Lipinski definition) is 2. The predicted octanol–water partition coefficient (Wildman–Crippen LogP) is 0.458. The third-order valence-corrected chi connectivity index (χ3v) is 5.16. The molecule has 1 aliphatic rings. The van der Waals surface area contributed by atoms with E-state index in [0.717, 1.165) is 11.8 Å². The molecule has 0 fully saturated rings. The summed E-state index contributed by atoms with van der Waals surface area (Å²) in [6.07, 6.45) is 2.05. The van der Waals surface area contributed by atoms with Gasteiger partial charge in [-0.05, 0) is 30.2 Å². The number of nitrogens with two attached hydrogens (primary N) is 1. The second-order valence-corrected chi connectivity index (χ2v) is 8.80. The highest BCUT2D eigenvalue weighted by atomic mass is 35.5. The first-order valence-corrected chi connectivity index (χ1v) is 10.8. The number of amides is 2. The van der Waals surface area contributed by atoms with Gasteiger partial charge in [-0.15, -0.1) is 12.4 Å². The molecule has 0 unspecified atom stereocenters. The van der Waals surface area contributed by atoms with Crippen LogP contribution in [-0.2, 0) is 21.1 Å². The smallest absolute Gasteiger partial charge is 0.254 e. The Labute approximate surface area is 175 Å². The van der Waals surface area contributed by atoms with Crippen molar-refractivity contribution in [1.82, 2.24) is 10.2 Å². The van der Waals surface area contributed by atoms with Crippen LogP contribution in [0, 0.1) is 0 Å². The summed E-state index contributed by atoms with van der Waals surface area (Å²) in [6, 6.07) is 4.95. The quantitative estimate of drug-likeness (QED) is 0.565. The first-order valence-electron chi connectivity index (χ1n) is 8.71. The van der Waals surface area contributed by atoms with Gasteiger partial charge in [0.05, 0.1) is 18.6 Å². The van der Waals surface area contributed by atoms with Crippen LogP contribution in [0.1, 0.15) is 15.9 Å². The largest absolute Gasteiger partial charge is 0.489 e. The van der Waals surface area contributed by atoms with Crippen molar-refractivity contribution in [3.63, 3.8) is 0 Å². The highest BCUT2D eigenvalue weighted by Crippen LogP contribution is 2.24. The van der Waals surface area contributed by atoms with E-state index in [1.54, 1.807) is 18.2 Å². The normalized spacial score (nSPS) is 14.1. The van der Waals surface area contributed by atoms with Crippen LogP contribution in [-0.4, -0.2) is 69.9 Å². The Balaban J connectivity index is 0.00000420.